The van der Waals surface area contributed by atoms with Gasteiger partial charge in [0, 0.05) is 41.8 Å². The van der Waals surface area contributed by atoms with Crippen molar-refractivity contribution in [1.29, 1.82) is 0 Å². The first-order chi connectivity index (χ1) is 13.1. The smallest absolute Gasteiger partial charge is 0.271 e. The van der Waals surface area contributed by atoms with Crippen LogP contribution in [0.4, 0.5) is 0 Å². The molecular weight excluding hydrogens is 384 g/mol. The van der Waals surface area contributed by atoms with Crippen molar-refractivity contribution in [1.82, 2.24) is 19.6 Å². The van der Waals surface area contributed by atoms with Crippen molar-refractivity contribution < 1.29 is 9.59 Å². The minimum absolute atomic E-state index is 0.0240. The number of halogens is 1. The molecule has 0 spiro atoms. The average Bonchev–Trinajstić information content (AvgIpc) is 3.37. The van der Waals surface area contributed by atoms with Gasteiger partial charge in [0.1, 0.15) is 5.69 Å². The Kier molecular flexibility index (Phi) is 4.88. The molecule has 1 atom stereocenters. The number of hydrogen-bond donors (Lipinski definition) is 1. The zero-order chi connectivity index (χ0) is 19.0. The Balaban J connectivity index is 1.56. The Hall–Kier alpha value is -2.38. The van der Waals surface area contributed by atoms with Crippen molar-refractivity contribution in [3.05, 3.63) is 46.6 Å². The van der Waals surface area contributed by atoms with E-state index in [1.165, 1.54) is 11.3 Å². The van der Waals surface area contributed by atoms with Gasteiger partial charge in [-0.05, 0) is 25.5 Å². The number of carbonyl (C=O) groups excluding carboxylic acids is 2. The second-order valence-electron chi connectivity index (χ2n) is 6.54. The molecule has 0 bridgehead atoms. The number of rotatable bonds is 4. The summed E-state index contributed by atoms with van der Waals surface area (Å²) in [5.74, 6) is -0.167. The molecule has 1 aliphatic rings. The Bertz CT molecular complexity index is 995. The summed E-state index contributed by atoms with van der Waals surface area (Å²) in [7, 11) is 0. The summed E-state index contributed by atoms with van der Waals surface area (Å²) in [6.07, 6.45) is 2.57. The van der Waals surface area contributed by atoms with Crippen molar-refractivity contribution in [2.45, 2.75) is 13.3 Å². The maximum absolute atomic E-state index is 13.0. The minimum Gasteiger partial charge on any atom is -0.356 e. The molecule has 4 rings (SSSR count). The van der Waals surface area contributed by atoms with E-state index in [1.54, 1.807) is 4.90 Å². The molecule has 2 aromatic heterocycles. The van der Waals surface area contributed by atoms with Gasteiger partial charge >= 0.3 is 0 Å². The highest BCUT2D eigenvalue weighted by atomic mass is 35.5. The Morgan fingerprint density at radius 3 is 2.85 bits per heavy atom. The van der Waals surface area contributed by atoms with Gasteiger partial charge in [0.15, 0.2) is 4.96 Å². The lowest BCUT2D eigenvalue weighted by atomic mass is 10.1. The molecule has 8 heteroatoms. The first kappa shape index (κ1) is 18.0. The summed E-state index contributed by atoms with van der Waals surface area (Å²) in [6, 6.07) is 7.46. The van der Waals surface area contributed by atoms with Crippen LogP contribution in [0.15, 0.2) is 35.8 Å². The van der Waals surface area contributed by atoms with E-state index in [0.717, 1.165) is 16.2 Å². The molecule has 1 saturated heterocycles. The summed E-state index contributed by atoms with van der Waals surface area (Å²) in [6.45, 7) is 3.56. The van der Waals surface area contributed by atoms with Crippen LogP contribution in [0.1, 0.15) is 23.8 Å². The largest absolute Gasteiger partial charge is 0.356 e. The van der Waals surface area contributed by atoms with Gasteiger partial charge in [0.2, 0.25) is 5.91 Å². The normalized spacial score (nSPS) is 16.8. The van der Waals surface area contributed by atoms with E-state index in [9.17, 15) is 9.59 Å². The number of fused-ring (bicyclic) bond motifs is 1. The van der Waals surface area contributed by atoms with Crippen LogP contribution in [0.3, 0.4) is 0 Å². The van der Waals surface area contributed by atoms with Gasteiger partial charge in [-0.3, -0.25) is 14.0 Å². The Labute approximate surface area is 165 Å². The quantitative estimate of drug-likeness (QED) is 0.728. The fourth-order valence-corrected chi connectivity index (χ4v) is 4.31. The number of thiazole rings is 1. The molecule has 6 nitrogen and oxygen atoms in total. The number of imidazole rings is 1. The number of likely N-dealkylation sites (tertiary alicyclic amines) is 1. The first-order valence-corrected chi connectivity index (χ1v) is 10.1. The fourth-order valence-electron chi connectivity index (χ4n) is 3.34. The lowest BCUT2D eigenvalue weighted by Gasteiger charge is -2.15. The summed E-state index contributed by atoms with van der Waals surface area (Å²) in [5, 5.41) is 5.34. The van der Waals surface area contributed by atoms with Crippen LogP contribution in [0.5, 0.6) is 0 Å². The van der Waals surface area contributed by atoms with E-state index in [1.807, 2.05) is 47.2 Å². The van der Waals surface area contributed by atoms with Gasteiger partial charge in [-0.1, -0.05) is 23.7 Å². The third kappa shape index (κ3) is 3.44. The molecule has 1 N–H and O–H groups in total. The number of hydrogen-bond acceptors (Lipinski definition) is 4. The SMILES string of the molecule is CCNC(=O)C1CCN(C(=O)c2csc3nc(-c4ccc(Cl)cc4)cn23)C1. The fraction of sp³-hybridized carbons (Fsp3) is 0.316. The van der Waals surface area contributed by atoms with Gasteiger partial charge < -0.3 is 10.2 Å². The molecule has 0 radical (unpaired) electrons. The second-order valence-corrected chi connectivity index (χ2v) is 7.81. The van der Waals surface area contributed by atoms with Gasteiger partial charge in [-0.2, -0.15) is 0 Å². The van der Waals surface area contributed by atoms with E-state index in [4.69, 9.17) is 11.6 Å². The number of carbonyl (C=O) groups is 2. The van der Waals surface area contributed by atoms with E-state index in [0.29, 0.717) is 36.8 Å². The Morgan fingerprint density at radius 1 is 1.33 bits per heavy atom. The highest BCUT2D eigenvalue weighted by Gasteiger charge is 2.32. The van der Waals surface area contributed by atoms with E-state index in [2.05, 4.69) is 10.3 Å². The van der Waals surface area contributed by atoms with Crippen LogP contribution in [0.2, 0.25) is 5.02 Å². The van der Waals surface area contributed by atoms with Crippen LogP contribution in [-0.4, -0.2) is 45.7 Å². The summed E-state index contributed by atoms with van der Waals surface area (Å²) < 4.78 is 1.83. The van der Waals surface area contributed by atoms with Crippen LogP contribution < -0.4 is 5.32 Å². The van der Waals surface area contributed by atoms with Crippen LogP contribution >= 0.6 is 22.9 Å². The second kappa shape index (κ2) is 7.32. The predicted octanol–water partition coefficient (Wildman–Crippen LogP) is 3.31. The molecule has 3 heterocycles. The van der Waals surface area contributed by atoms with Gasteiger partial charge in [-0.25, -0.2) is 4.98 Å². The first-order valence-electron chi connectivity index (χ1n) is 8.86. The zero-order valence-corrected chi connectivity index (χ0v) is 16.4. The van der Waals surface area contributed by atoms with Gasteiger partial charge in [0.05, 0.1) is 11.6 Å². The molecule has 0 aliphatic carbocycles. The number of aromatic nitrogens is 2. The molecule has 2 amide bonds. The third-order valence-electron chi connectivity index (χ3n) is 4.77. The van der Waals surface area contributed by atoms with Crippen LogP contribution in [0.25, 0.3) is 16.2 Å². The van der Waals surface area contributed by atoms with E-state index < -0.39 is 0 Å². The maximum atomic E-state index is 13.0. The molecule has 1 aliphatic heterocycles. The average molecular weight is 403 g/mol. The monoisotopic (exact) mass is 402 g/mol. The third-order valence-corrected chi connectivity index (χ3v) is 5.86. The standard InChI is InChI=1S/C19H19ClN4O2S/c1-2-21-17(25)13-7-8-23(9-13)18(26)16-11-27-19-22-15(10-24(16)19)12-3-5-14(20)6-4-12/h3-6,10-11,13H,2,7-9H2,1H3,(H,21,25). The maximum Gasteiger partial charge on any atom is 0.271 e. The Morgan fingerprint density at radius 2 is 2.11 bits per heavy atom. The van der Waals surface area contributed by atoms with Gasteiger partial charge in [-0.15, -0.1) is 11.3 Å². The van der Waals surface area contributed by atoms with Crippen molar-refractivity contribution in [3.8, 4) is 11.3 Å². The molecule has 3 aromatic rings. The summed E-state index contributed by atoms with van der Waals surface area (Å²) >= 11 is 7.38. The van der Waals surface area contributed by atoms with E-state index in [-0.39, 0.29) is 17.7 Å². The summed E-state index contributed by atoms with van der Waals surface area (Å²) in [5.41, 5.74) is 2.33. The number of nitrogens with one attached hydrogen (secondary N) is 1. The van der Waals surface area contributed by atoms with Crippen molar-refractivity contribution in [2.75, 3.05) is 19.6 Å². The lowest BCUT2D eigenvalue weighted by Crippen LogP contribution is -2.34. The number of amides is 2. The highest BCUT2D eigenvalue weighted by Crippen LogP contribution is 2.26. The summed E-state index contributed by atoms with van der Waals surface area (Å²) in [4.78, 5) is 32.1. The molecule has 1 fully saturated rings. The van der Waals surface area contributed by atoms with Crippen LogP contribution in [0, 0.1) is 5.92 Å². The molecule has 1 unspecified atom stereocenters. The molecule has 1 aromatic carbocycles. The van der Waals surface area contributed by atoms with Crippen LogP contribution in [-0.2, 0) is 4.79 Å². The van der Waals surface area contributed by atoms with Crippen molar-refractivity contribution in [2.24, 2.45) is 5.92 Å². The molecular formula is C19H19ClN4O2S. The lowest BCUT2D eigenvalue weighted by molar-refractivity contribution is -0.124. The van der Waals surface area contributed by atoms with Crippen molar-refractivity contribution in [3.63, 3.8) is 0 Å². The topological polar surface area (TPSA) is 66.7 Å². The number of benzene rings is 1. The molecule has 27 heavy (non-hydrogen) atoms. The number of nitrogens with zero attached hydrogens (tertiary/aromatic N) is 3. The van der Waals surface area contributed by atoms with Crippen molar-refractivity contribution >= 4 is 39.7 Å². The van der Waals surface area contributed by atoms with E-state index >= 15 is 0 Å². The molecule has 0 saturated carbocycles. The minimum atomic E-state index is -0.129. The predicted molar refractivity (Wildman–Crippen MR) is 106 cm³/mol. The zero-order valence-electron chi connectivity index (χ0n) is 14.8. The molecule has 140 valence electrons. The highest BCUT2D eigenvalue weighted by molar-refractivity contribution is 7.15. The van der Waals surface area contributed by atoms with Gasteiger partial charge in [0.25, 0.3) is 5.91 Å².